The number of pyridine rings is 1. The number of hydrogen-bond donors (Lipinski definition) is 3. The first-order valence-electron chi connectivity index (χ1n) is 10.6. The molecule has 9 heteroatoms. The molecule has 1 aromatic carbocycles. The number of amides is 1. The number of aromatic amines is 1. The van der Waals surface area contributed by atoms with Crippen molar-refractivity contribution in [1.29, 1.82) is 0 Å². The Morgan fingerprint density at radius 3 is 2.09 bits per heavy atom. The van der Waals surface area contributed by atoms with Crippen LogP contribution < -0.4 is 16.3 Å². The Kier molecular flexibility index (Phi) is 8.03. The number of benzene rings is 1. The molecule has 0 unspecified atom stereocenters. The van der Waals surface area contributed by atoms with Gasteiger partial charge in [0.15, 0.2) is 5.78 Å². The van der Waals surface area contributed by atoms with Gasteiger partial charge in [-0.15, -0.1) is 0 Å². The lowest BCUT2D eigenvalue weighted by Crippen LogP contribution is -2.37. The van der Waals surface area contributed by atoms with Crippen LogP contribution in [0.5, 0.6) is 0 Å². The van der Waals surface area contributed by atoms with Gasteiger partial charge in [-0.1, -0.05) is 30.3 Å². The molecule has 0 aliphatic carbocycles. The molecule has 9 nitrogen and oxygen atoms in total. The minimum Gasteiger partial charge on any atom is -0.460 e. The zero-order valence-corrected chi connectivity index (χ0v) is 19.8. The molecule has 0 radical (unpaired) electrons. The number of carbonyl (C=O) groups is 3. The third-order valence-electron chi connectivity index (χ3n) is 4.11. The lowest BCUT2D eigenvalue weighted by molar-refractivity contribution is -0.154. The minimum atomic E-state index is -0.789. The summed E-state index contributed by atoms with van der Waals surface area (Å²) in [5.41, 5.74) is 3.58. The van der Waals surface area contributed by atoms with Crippen LogP contribution in [0, 0.1) is 0 Å². The van der Waals surface area contributed by atoms with Crippen molar-refractivity contribution < 1.29 is 23.9 Å². The van der Waals surface area contributed by atoms with Gasteiger partial charge in [0.1, 0.15) is 22.6 Å². The second-order valence-electron chi connectivity index (χ2n) is 9.41. The summed E-state index contributed by atoms with van der Waals surface area (Å²) in [5.74, 6) is -1.14. The van der Waals surface area contributed by atoms with E-state index in [1.165, 1.54) is 6.20 Å². The number of carbonyl (C=O) groups excluding carboxylic acids is 3. The summed E-state index contributed by atoms with van der Waals surface area (Å²) in [5, 5.41) is 0. The van der Waals surface area contributed by atoms with Crippen LogP contribution in [-0.4, -0.2) is 34.0 Å². The van der Waals surface area contributed by atoms with Crippen molar-refractivity contribution in [1.82, 2.24) is 10.4 Å². The Labute approximate surface area is 192 Å². The van der Waals surface area contributed by atoms with Crippen molar-refractivity contribution in [3.05, 3.63) is 52.3 Å². The van der Waals surface area contributed by atoms with Crippen LogP contribution in [-0.2, 0) is 14.3 Å². The molecular formula is C24H31N3O6. The third kappa shape index (κ3) is 8.10. The fourth-order valence-electron chi connectivity index (χ4n) is 2.88. The Bertz CT molecular complexity index is 1060. The van der Waals surface area contributed by atoms with Gasteiger partial charge in [0.05, 0.1) is 6.42 Å². The van der Waals surface area contributed by atoms with E-state index in [4.69, 9.17) is 9.47 Å². The molecule has 0 aliphatic rings. The molecule has 3 N–H and O–H groups in total. The van der Waals surface area contributed by atoms with E-state index in [9.17, 15) is 19.2 Å². The van der Waals surface area contributed by atoms with Crippen molar-refractivity contribution >= 4 is 23.7 Å². The van der Waals surface area contributed by atoms with Crippen molar-refractivity contribution in [2.45, 2.75) is 65.6 Å². The van der Waals surface area contributed by atoms with Gasteiger partial charge in [-0.05, 0) is 47.1 Å². The molecule has 1 heterocycles. The number of nitrogens with one attached hydrogen (secondary N) is 3. The molecule has 2 aromatic rings. The maximum atomic E-state index is 13.2. The lowest BCUT2D eigenvalue weighted by Gasteiger charge is -2.20. The summed E-state index contributed by atoms with van der Waals surface area (Å²) in [6.07, 6.45) is 0.227. The summed E-state index contributed by atoms with van der Waals surface area (Å²) in [7, 11) is 0. The topological polar surface area (TPSA) is 127 Å². The van der Waals surface area contributed by atoms with Gasteiger partial charge in [-0.2, -0.15) is 0 Å². The number of esters is 1. The normalized spacial score (nSPS) is 11.5. The second kappa shape index (κ2) is 10.3. The van der Waals surface area contributed by atoms with E-state index in [1.807, 2.05) is 6.07 Å². The van der Waals surface area contributed by atoms with Gasteiger partial charge in [-0.3, -0.25) is 19.8 Å². The van der Waals surface area contributed by atoms with Gasteiger partial charge >= 0.3 is 12.1 Å². The van der Waals surface area contributed by atoms with E-state index in [2.05, 4.69) is 15.8 Å². The number of anilines is 1. The maximum absolute atomic E-state index is 13.2. The molecule has 0 saturated heterocycles. The van der Waals surface area contributed by atoms with Crippen LogP contribution in [0.2, 0.25) is 0 Å². The molecule has 0 atom stereocenters. The van der Waals surface area contributed by atoms with Gasteiger partial charge in [0.25, 0.3) is 0 Å². The highest BCUT2D eigenvalue weighted by atomic mass is 16.6. The Hall–Kier alpha value is -3.62. The van der Waals surface area contributed by atoms with Crippen molar-refractivity contribution in [2.24, 2.45) is 0 Å². The predicted molar refractivity (Wildman–Crippen MR) is 125 cm³/mol. The molecule has 33 heavy (non-hydrogen) atoms. The highest BCUT2D eigenvalue weighted by Crippen LogP contribution is 2.20. The highest BCUT2D eigenvalue weighted by molar-refractivity contribution is 6.02. The number of ketones is 1. The standard InChI is InChI=1S/C24H31N3O6/c1-23(2,3)32-18(29)13-12-17(28)19-20(30)16(15-10-8-7-9-11-15)14-25-21(19)26-27-22(31)33-24(4,5)6/h7-11,14H,12-13H2,1-6H3,(H,27,31)(H2,25,26,30). The molecule has 0 bridgehead atoms. The largest absolute Gasteiger partial charge is 0.460 e. The first kappa shape index (κ1) is 25.6. The quantitative estimate of drug-likeness (QED) is 0.323. The fourth-order valence-corrected chi connectivity index (χ4v) is 2.88. The molecule has 2 rings (SSSR count). The number of ether oxygens (including phenoxy) is 2. The van der Waals surface area contributed by atoms with E-state index in [0.717, 1.165) is 0 Å². The van der Waals surface area contributed by atoms with Crippen LogP contribution in [0.3, 0.4) is 0 Å². The van der Waals surface area contributed by atoms with Gasteiger partial charge in [0.2, 0.25) is 5.43 Å². The molecule has 0 spiro atoms. The number of rotatable bonds is 7. The van der Waals surface area contributed by atoms with Crippen LogP contribution in [0.15, 0.2) is 41.3 Å². The van der Waals surface area contributed by atoms with E-state index < -0.39 is 34.5 Å². The number of H-pyrrole nitrogens is 1. The predicted octanol–water partition coefficient (Wildman–Crippen LogP) is 4.20. The molecular weight excluding hydrogens is 426 g/mol. The second-order valence-corrected chi connectivity index (χ2v) is 9.41. The third-order valence-corrected chi connectivity index (χ3v) is 4.11. The van der Waals surface area contributed by atoms with E-state index >= 15 is 0 Å². The summed E-state index contributed by atoms with van der Waals surface area (Å²) >= 11 is 0. The summed E-state index contributed by atoms with van der Waals surface area (Å²) in [4.78, 5) is 53.1. The fraction of sp³-hybridized carbons (Fsp3) is 0.417. The summed E-state index contributed by atoms with van der Waals surface area (Å²) in [6.45, 7) is 10.3. The number of Topliss-reactive ketones (excluding diaryl/α,β-unsaturated/α-hetero) is 1. The van der Waals surface area contributed by atoms with Gasteiger partial charge < -0.3 is 14.5 Å². The van der Waals surface area contributed by atoms with Crippen LogP contribution in [0.1, 0.15) is 64.7 Å². The minimum absolute atomic E-state index is 0.0141. The summed E-state index contributed by atoms with van der Waals surface area (Å²) in [6, 6.07) is 8.84. The van der Waals surface area contributed by atoms with Crippen LogP contribution in [0.4, 0.5) is 10.6 Å². The smallest absolute Gasteiger partial charge is 0.426 e. The first-order valence-corrected chi connectivity index (χ1v) is 10.6. The van der Waals surface area contributed by atoms with Crippen LogP contribution >= 0.6 is 0 Å². The van der Waals surface area contributed by atoms with E-state index in [0.29, 0.717) is 5.56 Å². The summed E-state index contributed by atoms with van der Waals surface area (Å²) < 4.78 is 10.4. The van der Waals surface area contributed by atoms with Crippen molar-refractivity contribution in [3.63, 3.8) is 0 Å². The highest BCUT2D eigenvalue weighted by Gasteiger charge is 2.23. The zero-order valence-electron chi connectivity index (χ0n) is 19.8. The molecule has 0 saturated carbocycles. The molecule has 0 aliphatic heterocycles. The zero-order chi connectivity index (χ0) is 24.8. The number of hydrazine groups is 1. The van der Waals surface area contributed by atoms with E-state index in [1.54, 1.807) is 65.8 Å². The van der Waals surface area contributed by atoms with Gasteiger partial charge in [0, 0.05) is 18.2 Å². The Morgan fingerprint density at radius 2 is 1.52 bits per heavy atom. The lowest BCUT2D eigenvalue weighted by atomic mass is 10.0. The van der Waals surface area contributed by atoms with E-state index in [-0.39, 0.29) is 29.8 Å². The van der Waals surface area contributed by atoms with Crippen molar-refractivity contribution in [2.75, 3.05) is 5.43 Å². The number of aromatic nitrogens is 1. The molecule has 1 aromatic heterocycles. The SMILES string of the molecule is CC(C)(C)OC(=O)CCC(=O)c1c(NNC(=O)OC(C)(C)C)[nH]cc(-c2ccccc2)c1=O. The first-order chi connectivity index (χ1) is 15.3. The molecule has 0 fully saturated rings. The Morgan fingerprint density at radius 1 is 0.909 bits per heavy atom. The van der Waals surface area contributed by atoms with Crippen molar-refractivity contribution in [3.8, 4) is 11.1 Å². The Balaban J connectivity index is 2.32. The van der Waals surface area contributed by atoms with Gasteiger partial charge in [-0.25, -0.2) is 10.2 Å². The average Bonchev–Trinajstić information content (AvgIpc) is 2.68. The monoisotopic (exact) mass is 457 g/mol. The molecule has 178 valence electrons. The number of hydrogen-bond acceptors (Lipinski definition) is 7. The van der Waals surface area contributed by atoms with Crippen LogP contribution in [0.25, 0.3) is 11.1 Å². The average molecular weight is 458 g/mol. The maximum Gasteiger partial charge on any atom is 0.426 e. The molecule has 1 amide bonds.